The number of aromatic nitrogens is 2. The Bertz CT molecular complexity index is 259. The van der Waals surface area contributed by atoms with Crippen LogP contribution in [0.15, 0.2) is 12.3 Å². The number of nitrogens with zero attached hydrogens (tertiary/aromatic N) is 1. The molecule has 1 aromatic heterocycles. The normalized spacial score (nSPS) is 13.2. The van der Waals surface area contributed by atoms with Gasteiger partial charge < -0.3 is 10.1 Å². The standard InChI is InChI=1S/C12H23N3O/c1-10(2)5-8-16-9-7-13-11(3)12-4-6-14-15-12/h4,6,10-11,13H,5,7-9H2,1-3H3,(H,14,15). The van der Waals surface area contributed by atoms with E-state index in [4.69, 9.17) is 4.74 Å². The van der Waals surface area contributed by atoms with E-state index >= 15 is 0 Å². The van der Waals surface area contributed by atoms with Crippen molar-refractivity contribution < 1.29 is 4.74 Å². The summed E-state index contributed by atoms with van der Waals surface area (Å²) < 4.78 is 5.52. The molecule has 0 aliphatic carbocycles. The Balaban J connectivity index is 1.99. The van der Waals surface area contributed by atoms with E-state index in [1.807, 2.05) is 6.07 Å². The molecule has 0 radical (unpaired) electrons. The first-order chi connectivity index (χ1) is 7.70. The molecule has 0 spiro atoms. The third-order valence-electron chi connectivity index (χ3n) is 2.53. The molecule has 1 rings (SSSR count). The lowest BCUT2D eigenvalue weighted by Crippen LogP contribution is -2.23. The molecule has 0 aliphatic rings. The Morgan fingerprint density at radius 3 is 2.81 bits per heavy atom. The highest BCUT2D eigenvalue weighted by molar-refractivity contribution is 5.02. The predicted molar refractivity (Wildman–Crippen MR) is 65.3 cm³/mol. The number of H-pyrrole nitrogens is 1. The molecular formula is C12H23N3O. The van der Waals surface area contributed by atoms with Gasteiger partial charge >= 0.3 is 0 Å². The lowest BCUT2D eigenvalue weighted by atomic mass is 10.1. The maximum Gasteiger partial charge on any atom is 0.0591 e. The van der Waals surface area contributed by atoms with Gasteiger partial charge in [-0.05, 0) is 25.3 Å². The highest BCUT2D eigenvalue weighted by atomic mass is 16.5. The van der Waals surface area contributed by atoms with E-state index < -0.39 is 0 Å². The number of nitrogens with one attached hydrogen (secondary N) is 2. The molecule has 0 amide bonds. The van der Waals surface area contributed by atoms with Crippen molar-refractivity contribution in [3.63, 3.8) is 0 Å². The molecule has 1 heterocycles. The molecular weight excluding hydrogens is 202 g/mol. The van der Waals surface area contributed by atoms with Gasteiger partial charge in [-0.2, -0.15) is 5.10 Å². The van der Waals surface area contributed by atoms with Crippen LogP contribution in [0.4, 0.5) is 0 Å². The van der Waals surface area contributed by atoms with Crippen LogP contribution in [0, 0.1) is 5.92 Å². The van der Waals surface area contributed by atoms with Crippen LogP contribution in [0.25, 0.3) is 0 Å². The Hall–Kier alpha value is -0.870. The minimum atomic E-state index is 0.302. The van der Waals surface area contributed by atoms with E-state index in [0.29, 0.717) is 6.04 Å². The molecule has 0 aliphatic heterocycles. The highest BCUT2D eigenvalue weighted by Gasteiger charge is 2.04. The Morgan fingerprint density at radius 2 is 2.19 bits per heavy atom. The minimum Gasteiger partial charge on any atom is -0.380 e. The fourth-order valence-corrected chi connectivity index (χ4v) is 1.39. The number of hydrogen-bond donors (Lipinski definition) is 2. The van der Waals surface area contributed by atoms with E-state index in [1.54, 1.807) is 6.20 Å². The molecule has 0 fully saturated rings. The summed E-state index contributed by atoms with van der Waals surface area (Å²) in [4.78, 5) is 0. The predicted octanol–water partition coefficient (Wildman–Crippen LogP) is 2.12. The van der Waals surface area contributed by atoms with Crippen molar-refractivity contribution >= 4 is 0 Å². The van der Waals surface area contributed by atoms with Crippen molar-refractivity contribution in [2.75, 3.05) is 19.8 Å². The Kier molecular flexibility index (Phi) is 6.11. The first-order valence-electron chi connectivity index (χ1n) is 6.00. The summed E-state index contributed by atoms with van der Waals surface area (Å²) in [5.41, 5.74) is 1.11. The summed E-state index contributed by atoms with van der Waals surface area (Å²) in [5, 5.41) is 10.3. The van der Waals surface area contributed by atoms with Crippen LogP contribution in [0.1, 0.15) is 38.9 Å². The van der Waals surface area contributed by atoms with Crippen molar-refractivity contribution in [2.45, 2.75) is 33.2 Å². The van der Waals surface area contributed by atoms with E-state index in [-0.39, 0.29) is 0 Å². The Morgan fingerprint density at radius 1 is 1.38 bits per heavy atom. The summed E-state index contributed by atoms with van der Waals surface area (Å²) in [7, 11) is 0. The third-order valence-corrected chi connectivity index (χ3v) is 2.53. The van der Waals surface area contributed by atoms with Crippen LogP contribution in [-0.2, 0) is 4.74 Å². The molecule has 4 heteroatoms. The number of rotatable bonds is 8. The molecule has 0 saturated carbocycles. The van der Waals surface area contributed by atoms with E-state index in [1.165, 1.54) is 0 Å². The third kappa shape index (κ3) is 5.28. The molecule has 1 aromatic rings. The molecule has 1 atom stereocenters. The van der Waals surface area contributed by atoms with Crippen molar-refractivity contribution in [2.24, 2.45) is 5.92 Å². The molecule has 0 aromatic carbocycles. The fraction of sp³-hybridized carbons (Fsp3) is 0.750. The van der Waals surface area contributed by atoms with Gasteiger partial charge in [-0.15, -0.1) is 0 Å². The monoisotopic (exact) mass is 225 g/mol. The SMILES string of the molecule is CC(C)CCOCCNC(C)c1ccn[nH]1. The van der Waals surface area contributed by atoms with E-state index in [2.05, 4.69) is 36.3 Å². The quantitative estimate of drug-likeness (QED) is 0.666. The lowest BCUT2D eigenvalue weighted by Gasteiger charge is -2.12. The van der Waals surface area contributed by atoms with Crippen molar-refractivity contribution in [3.8, 4) is 0 Å². The smallest absolute Gasteiger partial charge is 0.0591 e. The van der Waals surface area contributed by atoms with Crippen LogP contribution < -0.4 is 5.32 Å². The van der Waals surface area contributed by atoms with E-state index in [9.17, 15) is 0 Å². The van der Waals surface area contributed by atoms with Gasteiger partial charge in [0.1, 0.15) is 0 Å². The van der Waals surface area contributed by atoms with E-state index in [0.717, 1.165) is 37.8 Å². The zero-order valence-corrected chi connectivity index (χ0v) is 10.5. The Labute approximate surface area is 97.8 Å². The average molecular weight is 225 g/mol. The van der Waals surface area contributed by atoms with Crippen LogP contribution in [0.2, 0.25) is 0 Å². The molecule has 2 N–H and O–H groups in total. The second-order valence-electron chi connectivity index (χ2n) is 4.48. The summed E-state index contributed by atoms with van der Waals surface area (Å²) >= 11 is 0. The summed E-state index contributed by atoms with van der Waals surface area (Å²) in [6.45, 7) is 9.03. The van der Waals surface area contributed by atoms with Gasteiger partial charge in [0.05, 0.1) is 12.3 Å². The van der Waals surface area contributed by atoms with Crippen LogP contribution >= 0.6 is 0 Å². The lowest BCUT2D eigenvalue weighted by molar-refractivity contribution is 0.123. The maximum absolute atomic E-state index is 5.52. The van der Waals surface area contributed by atoms with Crippen LogP contribution in [-0.4, -0.2) is 30.0 Å². The summed E-state index contributed by atoms with van der Waals surface area (Å²) in [6, 6.07) is 2.29. The van der Waals surface area contributed by atoms with Gasteiger partial charge in [-0.3, -0.25) is 5.10 Å². The van der Waals surface area contributed by atoms with Gasteiger partial charge in [0.2, 0.25) is 0 Å². The highest BCUT2D eigenvalue weighted by Crippen LogP contribution is 2.06. The zero-order valence-electron chi connectivity index (χ0n) is 10.5. The molecule has 92 valence electrons. The van der Waals surface area contributed by atoms with Crippen molar-refractivity contribution in [3.05, 3.63) is 18.0 Å². The molecule has 0 bridgehead atoms. The largest absolute Gasteiger partial charge is 0.380 e. The molecule has 0 saturated heterocycles. The molecule has 4 nitrogen and oxygen atoms in total. The van der Waals surface area contributed by atoms with Crippen molar-refractivity contribution in [1.82, 2.24) is 15.5 Å². The maximum atomic E-state index is 5.52. The zero-order chi connectivity index (χ0) is 11.8. The second-order valence-corrected chi connectivity index (χ2v) is 4.48. The van der Waals surface area contributed by atoms with Crippen LogP contribution in [0.5, 0.6) is 0 Å². The topological polar surface area (TPSA) is 49.9 Å². The first kappa shape index (κ1) is 13.2. The number of aromatic amines is 1. The average Bonchev–Trinajstić information content (AvgIpc) is 2.75. The van der Waals surface area contributed by atoms with Gasteiger partial charge in [-0.1, -0.05) is 13.8 Å². The first-order valence-corrected chi connectivity index (χ1v) is 6.00. The van der Waals surface area contributed by atoms with Gasteiger partial charge in [0.15, 0.2) is 0 Å². The second kappa shape index (κ2) is 7.41. The number of hydrogen-bond acceptors (Lipinski definition) is 3. The number of ether oxygens (including phenoxy) is 1. The summed E-state index contributed by atoms with van der Waals surface area (Å²) in [5.74, 6) is 0.719. The molecule has 16 heavy (non-hydrogen) atoms. The van der Waals surface area contributed by atoms with Crippen molar-refractivity contribution in [1.29, 1.82) is 0 Å². The van der Waals surface area contributed by atoms with Gasteiger partial charge in [0.25, 0.3) is 0 Å². The van der Waals surface area contributed by atoms with Gasteiger partial charge in [0, 0.05) is 25.4 Å². The van der Waals surface area contributed by atoms with Gasteiger partial charge in [-0.25, -0.2) is 0 Å². The summed E-state index contributed by atoms with van der Waals surface area (Å²) in [6.07, 6.45) is 2.91. The molecule has 1 unspecified atom stereocenters. The minimum absolute atomic E-state index is 0.302. The van der Waals surface area contributed by atoms with Crippen LogP contribution in [0.3, 0.4) is 0 Å². The fourth-order valence-electron chi connectivity index (χ4n) is 1.39.